The van der Waals surface area contributed by atoms with E-state index in [0.717, 1.165) is 0 Å². The quantitative estimate of drug-likeness (QED) is 0.731. The zero-order valence-electron chi connectivity index (χ0n) is 7.29. The van der Waals surface area contributed by atoms with Crippen molar-refractivity contribution in [3.8, 4) is 5.75 Å². The van der Waals surface area contributed by atoms with Crippen molar-refractivity contribution in [2.45, 2.75) is 12.8 Å². The van der Waals surface area contributed by atoms with Crippen LogP contribution < -0.4 is 4.74 Å². The van der Waals surface area contributed by atoms with Gasteiger partial charge in [-0.3, -0.25) is 0 Å². The number of hydrogen-bond acceptors (Lipinski definition) is 1. The number of halogens is 7. The Labute approximate surface area is 90.6 Å². The minimum atomic E-state index is -4.96. The lowest BCUT2D eigenvalue weighted by molar-refractivity contribution is -0.141. The predicted molar refractivity (Wildman–Crippen MR) is 43.0 cm³/mol. The van der Waals surface area contributed by atoms with E-state index in [1.165, 1.54) is 0 Å². The van der Waals surface area contributed by atoms with Gasteiger partial charge in [-0.1, -0.05) is 11.6 Å². The van der Waals surface area contributed by atoms with Crippen LogP contribution in [0.15, 0.2) is 12.1 Å². The minimum Gasteiger partial charge on any atom is -0.432 e. The first-order valence-electron chi connectivity index (χ1n) is 3.73. The molecule has 0 amide bonds. The summed E-state index contributed by atoms with van der Waals surface area (Å²) in [6.45, 7) is -3.53. The van der Waals surface area contributed by atoms with Crippen molar-refractivity contribution < 1.29 is 31.1 Å². The normalized spacial score (nSPS) is 12.0. The summed E-state index contributed by atoms with van der Waals surface area (Å²) in [5.41, 5.74) is -1.56. The minimum absolute atomic E-state index is 0.277. The summed E-state index contributed by atoms with van der Waals surface area (Å²) in [6.07, 6.45) is -4.96. The first-order valence-corrected chi connectivity index (χ1v) is 4.11. The molecule has 0 fully saturated rings. The molecule has 1 rings (SSSR count). The van der Waals surface area contributed by atoms with Crippen molar-refractivity contribution in [2.24, 2.45) is 0 Å². The van der Waals surface area contributed by atoms with Gasteiger partial charge in [-0.25, -0.2) is 4.39 Å². The van der Waals surface area contributed by atoms with Crippen molar-refractivity contribution in [1.29, 1.82) is 0 Å². The molecule has 0 spiro atoms. The third-order valence-electron chi connectivity index (χ3n) is 1.56. The molecule has 0 unspecified atom stereocenters. The molecule has 90 valence electrons. The molecule has 16 heavy (non-hydrogen) atoms. The molecule has 0 aliphatic carbocycles. The Balaban J connectivity index is 3.33. The third-order valence-corrected chi connectivity index (χ3v) is 1.91. The zero-order valence-corrected chi connectivity index (χ0v) is 8.04. The summed E-state index contributed by atoms with van der Waals surface area (Å²) < 4.78 is 76.9. The van der Waals surface area contributed by atoms with Gasteiger partial charge in [0, 0.05) is 0 Å². The lowest BCUT2D eigenvalue weighted by Gasteiger charge is -2.14. The van der Waals surface area contributed by atoms with Crippen LogP contribution in [0, 0.1) is 5.82 Å². The maximum Gasteiger partial charge on any atom is 0.420 e. The Kier molecular flexibility index (Phi) is 3.57. The van der Waals surface area contributed by atoms with Crippen LogP contribution >= 0.6 is 11.6 Å². The van der Waals surface area contributed by atoms with Crippen molar-refractivity contribution in [3.63, 3.8) is 0 Å². The molecule has 0 aliphatic rings. The highest BCUT2D eigenvalue weighted by atomic mass is 35.5. The average Bonchev–Trinajstić information content (AvgIpc) is 2.10. The summed E-state index contributed by atoms with van der Waals surface area (Å²) in [6, 6.07) is 0.697. The molecule has 0 bridgehead atoms. The van der Waals surface area contributed by atoms with E-state index in [1.807, 2.05) is 0 Å². The van der Waals surface area contributed by atoms with E-state index < -0.39 is 34.9 Å². The Bertz CT molecular complexity index is 389. The third kappa shape index (κ3) is 2.72. The highest BCUT2D eigenvalue weighted by molar-refractivity contribution is 6.32. The van der Waals surface area contributed by atoms with E-state index in [0.29, 0.717) is 6.07 Å². The van der Waals surface area contributed by atoms with Gasteiger partial charge in [0.05, 0.1) is 5.56 Å². The molecule has 1 nitrogen and oxygen atoms in total. The molecule has 1 aromatic rings. The molecule has 0 saturated carbocycles. The van der Waals surface area contributed by atoms with Gasteiger partial charge in [-0.2, -0.15) is 22.0 Å². The lowest BCUT2D eigenvalue weighted by Crippen LogP contribution is -2.12. The van der Waals surface area contributed by atoms with Crippen LogP contribution in [0.25, 0.3) is 0 Å². The van der Waals surface area contributed by atoms with Crippen molar-refractivity contribution in [1.82, 2.24) is 0 Å². The van der Waals surface area contributed by atoms with Gasteiger partial charge >= 0.3 is 12.8 Å². The standard InChI is InChI=1S/C8H3ClF6O/c9-5-4(10)2-1-3(8(13,14)15)6(5)16-7(11)12/h1-2,7H. The highest BCUT2D eigenvalue weighted by Crippen LogP contribution is 2.41. The Morgan fingerprint density at radius 2 is 1.75 bits per heavy atom. The van der Waals surface area contributed by atoms with E-state index >= 15 is 0 Å². The first-order chi connectivity index (χ1) is 7.23. The van der Waals surface area contributed by atoms with Gasteiger partial charge in [-0.05, 0) is 12.1 Å². The fraction of sp³-hybridized carbons (Fsp3) is 0.250. The van der Waals surface area contributed by atoms with Crippen LogP contribution in [0.5, 0.6) is 5.75 Å². The molecule has 0 aliphatic heterocycles. The van der Waals surface area contributed by atoms with Gasteiger partial charge < -0.3 is 4.74 Å². The molecule has 1 aromatic carbocycles. The molecule has 0 aromatic heterocycles. The van der Waals surface area contributed by atoms with Crippen LogP contribution in [-0.4, -0.2) is 6.61 Å². The second-order valence-electron chi connectivity index (χ2n) is 2.61. The Hall–Kier alpha value is -1.11. The SMILES string of the molecule is Fc1ccc(C(F)(F)F)c(OC(F)F)c1Cl. The van der Waals surface area contributed by atoms with E-state index in [9.17, 15) is 26.3 Å². The number of ether oxygens (including phenoxy) is 1. The molecule has 0 atom stereocenters. The van der Waals surface area contributed by atoms with Gasteiger partial charge in [0.25, 0.3) is 0 Å². The second kappa shape index (κ2) is 4.40. The van der Waals surface area contributed by atoms with E-state index in [1.54, 1.807) is 0 Å². The number of rotatable bonds is 2. The topological polar surface area (TPSA) is 9.23 Å². The van der Waals surface area contributed by atoms with E-state index in [-0.39, 0.29) is 6.07 Å². The summed E-state index contributed by atoms with van der Waals surface area (Å²) in [5, 5.41) is -1.13. The lowest BCUT2D eigenvalue weighted by atomic mass is 10.2. The van der Waals surface area contributed by atoms with Crippen LogP contribution in [-0.2, 0) is 6.18 Å². The summed E-state index contributed by atoms with van der Waals surface area (Å²) in [5.74, 6) is -2.69. The van der Waals surface area contributed by atoms with Crippen LogP contribution in [0.3, 0.4) is 0 Å². The van der Waals surface area contributed by atoms with Crippen molar-refractivity contribution in [3.05, 3.63) is 28.5 Å². The highest BCUT2D eigenvalue weighted by Gasteiger charge is 2.37. The maximum absolute atomic E-state index is 12.8. The second-order valence-corrected chi connectivity index (χ2v) is 2.99. The molecular formula is C8H3ClF6O. The van der Waals surface area contributed by atoms with Crippen molar-refractivity contribution >= 4 is 11.6 Å². The predicted octanol–water partition coefficient (Wildman–Crippen LogP) is 4.10. The van der Waals surface area contributed by atoms with E-state index in [2.05, 4.69) is 4.74 Å². The maximum atomic E-state index is 12.8. The molecule has 0 saturated heterocycles. The molecular weight excluding hydrogens is 262 g/mol. The number of alkyl halides is 5. The molecule has 0 heterocycles. The fourth-order valence-electron chi connectivity index (χ4n) is 0.960. The Morgan fingerprint density at radius 1 is 1.19 bits per heavy atom. The first kappa shape index (κ1) is 13.0. The molecule has 0 N–H and O–H groups in total. The van der Waals surface area contributed by atoms with Gasteiger partial charge in [0.15, 0.2) is 5.75 Å². The van der Waals surface area contributed by atoms with Crippen LogP contribution in [0.2, 0.25) is 5.02 Å². The number of benzene rings is 1. The summed E-state index contributed by atoms with van der Waals surface area (Å²) in [7, 11) is 0. The smallest absolute Gasteiger partial charge is 0.420 e. The zero-order chi connectivity index (χ0) is 12.5. The largest absolute Gasteiger partial charge is 0.432 e. The summed E-state index contributed by atoms with van der Waals surface area (Å²) >= 11 is 5.12. The van der Waals surface area contributed by atoms with Gasteiger partial charge in [-0.15, -0.1) is 0 Å². The van der Waals surface area contributed by atoms with Crippen LogP contribution in [0.1, 0.15) is 5.56 Å². The molecule has 0 radical (unpaired) electrons. The van der Waals surface area contributed by atoms with Crippen molar-refractivity contribution in [2.75, 3.05) is 0 Å². The van der Waals surface area contributed by atoms with Crippen LogP contribution in [0.4, 0.5) is 26.3 Å². The van der Waals surface area contributed by atoms with Gasteiger partial charge in [0.2, 0.25) is 0 Å². The fourth-order valence-corrected chi connectivity index (χ4v) is 1.17. The number of hydrogen-bond donors (Lipinski definition) is 0. The molecule has 8 heteroatoms. The summed E-state index contributed by atoms with van der Waals surface area (Å²) in [4.78, 5) is 0. The average molecular weight is 265 g/mol. The Morgan fingerprint density at radius 3 is 2.19 bits per heavy atom. The van der Waals surface area contributed by atoms with E-state index in [4.69, 9.17) is 11.6 Å². The monoisotopic (exact) mass is 264 g/mol. The van der Waals surface area contributed by atoms with Gasteiger partial charge in [0.1, 0.15) is 10.8 Å².